The Labute approximate surface area is 168 Å². The predicted octanol–water partition coefficient (Wildman–Crippen LogP) is 3.64. The van der Waals surface area contributed by atoms with Crippen molar-refractivity contribution in [3.63, 3.8) is 0 Å². The van der Waals surface area contributed by atoms with Crippen molar-refractivity contribution < 1.29 is 9.59 Å². The summed E-state index contributed by atoms with van der Waals surface area (Å²) in [5.41, 5.74) is 5.51. The topological polar surface area (TPSA) is 81.8 Å². The largest absolute Gasteiger partial charge is 0.306 e. The first-order valence-electron chi connectivity index (χ1n) is 8.99. The van der Waals surface area contributed by atoms with Gasteiger partial charge in [-0.25, -0.2) is 0 Å². The molecule has 0 atom stereocenters. The fraction of sp³-hybridized carbons (Fsp3) is 0.300. The van der Waals surface area contributed by atoms with Crippen LogP contribution in [0.25, 0.3) is 0 Å². The van der Waals surface area contributed by atoms with Gasteiger partial charge < -0.3 is 4.57 Å². The lowest BCUT2D eigenvalue weighted by molar-refractivity contribution is 0.0999. The van der Waals surface area contributed by atoms with E-state index >= 15 is 0 Å². The average molecular weight is 398 g/mol. The third-order valence-corrected chi connectivity index (χ3v) is 5.37. The van der Waals surface area contributed by atoms with Gasteiger partial charge in [-0.15, -0.1) is 10.2 Å². The Kier molecular flexibility index (Phi) is 5.99. The summed E-state index contributed by atoms with van der Waals surface area (Å²) in [6, 6.07) is 11.0. The second kappa shape index (κ2) is 8.43. The number of Topliss-reactive ketones (excluding diaryl/α,β-unsaturated/α-hetero) is 1. The fourth-order valence-electron chi connectivity index (χ4n) is 2.87. The number of amides is 1. The number of nitrogens with one attached hydrogen (secondary N) is 1. The first-order chi connectivity index (χ1) is 13.4. The highest BCUT2D eigenvalue weighted by molar-refractivity contribution is 7.99. The summed E-state index contributed by atoms with van der Waals surface area (Å²) in [6.45, 7) is 7.76. The molecule has 1 N–H and O–H groups in total. The van der Waals surface area contributed by atoms with Crippen LogP contribution < -0.4 is 5.43 Å². The van der Waals surface area contributed by atoms with Crippen LogP contribution in [0.3, 0.4) is 0 Å². The van der Waals surface area contributed by atoms with E-state index in [9.17, 15) is 9.59 Å². The van der Waals surface area contributed by atoms with Crippen LogP contribution in [0, 0.1) is 13.8 Å². The molecule has 8 heteroatoms. The maximum absolute atomic E-state index is 12.8. The zero-order valence-electron chi connectivity index (χ0n) is 16.3. The highest BCUT2D eigenvalue weighted by atomic mass is 32.2. The predicted molar refractivity (Wildman–Crippen MR) is 110 cm³/mol. The zero-order valence-corrected chi connectivity index (χ0v) is 17.2. The van der Waals surface area contributed by atoms with Gasteiger partial charge in [-0.1, -0.05) is 30.0 Å². The molecule has 7 nitrogen and oxygen atoms in total. The van der Waals surface area contributed by atoms with Crippen LogP contribution in [0.2, 0.25) is 0 Å². The van der Waals surface area contributed by atoms with Crippen molar-refractivity contribution >= 4 is 23.5 Å². The van der Waals surface area contributed by atoms with Gasteiger partial charge in [0.25, 0.3) is 5.91 Å². The van der Waals surface area contributed by atoms with E-state index in [0.717, 1.165) is 10.9 Å². The van der Waals surface area contributed by atoms with Crippen molar-refractivity contribution in [3.05, 3.63) is 65.2 Å². The van der Waals surface area contributed by atoms with Gasteiger partial charge in [0.1, 0.15) is 6.33 Å². The monoisotopic (exact) mass is 397 g/mol. The number of benzene rings is 1. The summed E-state index contributed by atoms with van der Waals surface area (Å²) in [5, 5.41) is 8.72. The van der Waals surface area contributed by atoms with Crippen LogP contribution in [0.5, 0.6) is 0 Å². The Balaban J connectivity index is 1.73. The molecular formula is C20H23N5O2S. The molecule has 2 heterocycles. The second-order valence-corrected chi connectivity index (χ2v) is 7.70. The van der Waals surface area contributed by atoms with Crippen LogP contribution in [-0.4, -0.2) is 36.9 Å². The summed E-state index contributed by atoms with van der Waals surface area (Å²) in [6.07, 6.45) is 1.67. The number of nitrogens with zero attached hydrogens (tertiary/aromatic N) is 4. The third-order valence-electron chi connectivity index (χ3n) is 4.41. The molecule has 1 aromatic carbocycles. The van der Waals surface area contributed by atoms with Crippen molar-refractivity contribution in [1.29, 1.82) is 0 Å². The van der Waals surface area contributed by atoms with E-state index < -0.39 is 0 Å². The number of aryl methyl sites for hydroxylation is 1. The molecule has 0 fully saturated rings. The number of carbonyl (C=O) groups excluding carboxylic acids is 2. The lowest BCUT2D eigenvalue weighted by Crippen LogP contribution is -2.25. The molecule has 146 valence electrons. The quantitative estimate of drug-likeness (QED) is 0.486. The van der Waals surface area contributed by atoms with Gasteiger partial charge in [0.05, 0.1) is 5.75 Å². The number of carbonyl (C=O) groups is 2. The first-order valence-corrected chi connectivity index (χ1v) is 9.98. The normalized spacial score (nSPS) is 11.0. The van der Waals surface area contributed by atoms with Crippen LogP contribution in [0.15, 0.2) is 47.9 Å². The molecule has 0 saturated carbocycles. The van der Waals surface area contributed by atoms with Gasteiger partial charge in [0.2, 0.25) is 0 Å². The minimum Gasteiger partial charge on any atom is -0.306 e. The van der Waals surface area contributed by atoms with Crippen LogP contribution in [-0.2, 0) is 0 Å². The highest BCUT2D eigenvalue weighted by Crippen LogP contribution is 2.22. The molecule has 0 unspecified atom stereocenters. The standard InChI is InChI=1S/C20H23N5O2S/c1-13(2)24-12-21-22-20(24)28-11-18(26)17-10-14(3)25(15(17)4)23-19(27)16-8-6-5-7-9-16/h5-10,12-13H,11H2,1-4H3,(H,23,27). The van der Waals surface area contributed by atoms with E-state index in [1.54, 1.807) is 29.2 Å². The van der Waals surface area contributed by atoms with Crippen molar-refractivity contribution in [1.82, 2.24) is 19.4 Å². The summed E-state index contributed by atoms with van der Waals surface area (Å²) in [7, 11) is 0. The van der Waals surface area contributed by atoms with E-state index in [0.29, 0.717) is 16.8 Å². The summed E-state index contributed by atoms with van der Waals surface area (Å²) in [4.78, 5) is 25.2. The Morgan fingerprint density at radius 1 is 1.18 bits per heavy atom. The highest BCUT2D eigenvalue weighted by Gasteiger charge is 2.19. The molecule has 28 heavy (non-hydrogen) atoms. The number of rotatable bonds is 7. The Morgan fingerprint density at radius 3 is 2.57 bits per heavy atom. The van der Waals surface area contributed by atoms with Gasteiger partial charge in [-0.2, -0.15) is 0 Å². The lowest BCUT2D eigenvalue weighted by atomic mass is 10.2. The smallest absolute Gasteiger partial charge is 0.270 e. The Bertz CT molecular complexity index is 991. The van der Waals surface area contributed by atoms with Gasteiger partial charge in [0, 0.05) is 28.6 Å². The van der Waals surface area contributed by atoms with Gasteiger partial charge in [-0.05, 0) is 45.9 Å². The number of hydrogen-bond acceptors (Lipinski definition) is 5. The van der Waals surface area contributed by atoms with Crippen molar-refractivity contribution in [2.75, 3.05) is 11.2 Å². The molecular weight excluding hydrogens is 374 g/mol. The maximum atomic E-state index is 12.8. The van der Waals surface area contributed by atoms with E-state index in [4.69, 9.17) is 0 Å². The molecule has 3 rings (SSSR count). The molecule has 0 aliphatic carbocycles. The molecule has 0 bridgehead atoms. The second-order valence-electron chi connectivity index (χ2n) is 6.75. The number of thioether (sulfide) groups is 1. The Morgan fingerprint density at radius 2 is 1.89 bits per heavy atom. The van der Waals surface area contributed by atoms with Crippen molar-refractivity contribution in [3.8, 4) is 0 Å². The van der Waals surface area contributed by atoms with E-state index in [2.05, 4.69) is 15.6 Å². The van der Waals surface area contributed by atoms with Crippen molar-refractivity contribution in [2.45, 2.75) is 38.9 Å². The Hall–Kier alpha value is -2.87. The molecule has 0 spiro atoms. The van der Waals surface area contributed by atoms with E-state index in [1.165, 1.54) is 11.8 Å². The number of hydrogen-bond donors (Lipinski definition) is 1. The third kappa shape index (κ3) is 4.17. The molecule has 0 aliphatic heterocycles. The van der Waals surface area contributed by atoms with E-state index in [-0.39, 0.29) is 23.5 Å². The molecule has 0 radical (unpaired) electrons. The van der Waals surface area contributed by atoms with Crippen LogP contribution in [0.1, 0.15) is 52.0 Å². The molecule has 3 aromatic rings. The summed E-state index contributed by atoms with van der Waals surface area (Å²) >= 11 is 1.36. The van der Waals surface area contributed by atoms with Gasteiger partial charge in [0.15, 0.2) is 10.9 Å². The molecule has 0 saturated heterocycles. The summed E-state index contributed by atoms with van der Waals surface area (Å²) < 4.78 is 3.59. The molecule has 2 aromatic heterocycles. The minimum absolute atomic E-state index is 0.0170. The molecule has 1 amide bonds. The maximum Gasteiger partial charge on any atom is 0.270 e. The first kappa shape index (κ1) is 19.9. The molecule has 0 aliphatic rings. The zero-order chi connectivity index (χ0) is 20.3. The van der Waals surface area contributed by atoms with Crippen LogP contribution in [0.4, 0.5) is 0 Å². The SMILES string of the molecule is Cc1cc(C(=O)CSc2nncn2C(C)C)c(C)n1NC(=O)c1ccccc1. The fourth-order valence-corrected chi connectivity index (χ4v) is 3.80. The summed E-state index contributed by atoms with van der Waals surface area (Å²) in [5.74, 6) is 0.0138. The van der Waals surface area contributed by atoms with E-state index in [1.807, 2.05) is 50.5 Å². The number of aromatic nitrogens is 4. The van der Waals surface area contributed by atoms with Crippen molar-refractivity contribution in [2.24, 2.45) is 0 Å². The lowest BCUT2D eigenvalue weighted by Gasteiger charge is -2.12. The minimum atomic E-state index is -0.221. The van der Waals surface area contributed by atoms with Crippen LogP contribution >= 0.6 is 11.8 Å². The van der Waals surface area contributed by atoms with Gasteiger partial charge >= 0.3 is 0 Å². The average Bonchev–Trinajstić information content (AvgIpc) is 3.27. The number of ketones is 1. The van der Waals surface area contributed by atoms with Gasteiger partial charge in [-0.3, -0.25) is 19.7 Å².